The van der Waals surface area contributed by atoms with Gasteiger partial charge in [-0.25, -0.2) is 0 Å². The number of hydrogen-bond donors (Lipinski definition) is 0. The third-order valence-corrected chi connectivity index (χ3v) is 2.82. The standard InChI is InChI=1S/C12H13F3/c13-12(14,15)8-9-5-6-10-3-1-2-4-11(10)7-9/h5-7H,1-4,8H2. The van der Waals surface area contributed by atoms with Crippen LogP contribution in [0.15, 0.2) is 18.2 Å². The van der Waals surface area contributed by atoms with Gasteiger partial charge in [0, 0.05) is 0 Å². The van der Waals surface area contributed by atoms with E-state index in [9.17, 15) is 13.2 Å². The molecule has 0 amide bonds. The molecule has 0 saturated heterocycles. The van der Waals surface area contributed by atoms with Crippen molar-refractivity contribution in [1.82, 2.24) is 0 Å². The summed E-state index contributed by atoms with van der Waals surface area (Å²) in [7, 11) is 0. The highest BCUT2D eigenvalue weighted by Gasteiger charge is 2.27. The normalized spacial score (nSPS) is 16.2. The molecule has 82 valence electrons. The van der Waals surface area contributed by atoms with E-state index in [4.69, 9.17) is 0 Å². The molecule has 0 spiro atoms. The molecule has 0 fully saturated rings. The second-order valence-electron chi connectivity index (χ2n) is 4.10. The first kappa shape index (κ1) is 10.5. The zero-order valence-electron chi connectivity index (χ0n) is 8.40. The molecule has 0 nitrogen and oxygen atoms in total. The first-order valence-electron chi connectivity index (χ1n) is 5.22. The number of aryl methyl sites for hydroxylation is 2. The largest absolute Gasteiger partial charge is 0.393 e. The molecule has 1 aromatic carbocycles. The molecule has 0 N–H and O–H groups in total. The minimum Gasteiger partial charge on any atom is -0.171 e. The second kappa shape index (κ2) is 3.87. The van der Waals surface area contributed by atoms with Crippen molar-refractivity contribution in [3.8, 4) is 0 Å². The topological polar surface area (TPSA) is 0 Å². The van der Waals surface area contributed by atoms with Crippen LogP contribution in [0.5, 0.6) is 0 Å². The first-order chi connectivity index (χ1) is 7.04. The van der Waals surface area contributed by atoms with Crippen LogP contribution in [0.1, 0.15) is 29.5 Å². The molecule has 0 atom stereocenters. The molecule has 0 aliphatic heterocycles. The van der Waals surface area contributed by atoms with Crippen molar-refractivity contribution in [2.24, 2.45) is 0 Å². The molecule has 1 aromatic rings. The Bertz CT molecular complexity index is 352. The van der Waals surface area contributed by atoms with Crippen LogP contribution >= 0.6 is 0 Å². The zero-order valence-corrected chi connectivity index (χ0v) is 8.40. The third-order valence-electron chi connectivity index (χ3n) is 2.82. The molecule has 1 aliphatic carbocycles. The Hall–Kier alpha value is -0.990. The predicted molar refractivity (Wildman–Crippen MR) is 52.8 cm³/mol. The van der Waals surface area contributed by atoms with Gasteiger partial charge in [-0.3, -0.25) is 0 Å². The van der Waals surface area contributed by atoms with Gasteiger partial charge in [-0.15, -0.1) is 0 Å². The molecule has 0 heterocycles. The predicted octanol–water partition coefficient (Wildman–Crippen LogP) is 3.67. The summed E-state index contributed by atoms with van der Waals surface area (Å²) < 4.78 is 36.5. The lowest BCUT2D eigenvalue weighted by molar-refractivity contribution is -0.127. The van der Waals surface area contributed by atoms with E-state index >= 15 is 0 Å². The summed E-state index contributed by atoms with van der Waals surface area (Å²) >= 11 is 0. The first-order valence-corrected chi connectivity index (χ1v) is 5.22. The number of alkyl halides is 3. The van der Waals surface area contributed by atoms with Gasteiger partial charge in [0.1, 0.15) is 0 Å². The summed E-state index contributed by atoms with van der Waals surface area (Å²) in [6, 6.07) is 5.19. The quantitative estimate of drug-likeness (QED) is 0.669. The van der Waals surface area contributed by atoms with Crippen molar-refractivity contribution >= 4 is 0 Å². The lowest BCUT2D eigenvalue weighted by Crippen LogP contribution is -2.12. The van der Waals surface area contributed by atoms with E-state index in [1.807, 2.05) is 6.07 Å². The van der Waals surface area contributed by atoms with Crippen LogP contribution in [0.3, 0.4) is 0 Å². The van der Waals surface area contributed by atoms with Crippen molar-refractivity contribution in [3.63, 3.8) is 0 Å². The molecule has 2 rings (SSSR count). The molecule has 0 unspecified atom stereocenters. The van der Waals surface area contributed by atoms with Crippen LogP contribution in [-0.4, -0.2) is 6.18 Å². The Morgan fingerprint density at radius 1 is 1.00 bits per heavy atom. The van der Waals surface area contributed by atoms with E-state index in [2.05, 4.69) is 0 Å². The summed E-state index contributed by atoms with van der Waals surface area (Å²) in [5, 5.41) is 0. The average molecular weight is 214 g/mol. The van der Waals surface area contributed by atoms with Crippen LogP contribution in [0, 0.1) is 0 Å². The van der Waals surface area contributed by atoms with Crippen LogP contribution < -0.4 is 0 Å². The summed E-state index contributed by atoms with van der Waals surface area (Å²) in [5.41, 5.74) is 2.73. The lowest BCUT2D eigenvalue weighted by Gasteiger charge is -2.17. The fourth-order valence-electron chi connectivity index (χ4n) is 2.13. The Labute approximate surface area is 87.1 Å². The summed E-state index contributed by atoms with van der Waals surface area (Å²) in [6.07, 6.45) is -0.695. The molecular weight excluding hydrogens is 201 g/mol. The highest BCUT2D eigenvalue weighted by Crippen LogP contribution is 2.26. The van der Waals surface area contributed by atoms with E-state index in [1.165, 1.54) is 5.56 Å². The minimum atomic E-state index is -4.09. The van der Waals surface area contributed by atoms with Gasteiger partial charge in [-0.05, 0) is 42.4 Å². The maximum atomic E-state index is 12.2. The molecule has 0 saturated carbocycles. The Kier molecular flexibility index (Phi) is 2.72. The average Bonchev–Trinajstić information content (AvgIpc) is 2.15. The molecule has 15 heavy (non-hydrogen) atoms. The van der Waals surface area contributed by atoms with Gasteiger partial charge >= 0.3 is 6.18 Å². The smallest absolute Gasteiger partial charge is 0.171 e. The number of benzene rings is 1. The van der Waals surface area contributed by atoms with Crippen molar-refractivity contribution in [2.45, 2.75) is 38.3 Å². The van der Waals surface area contributed by atoms with Crippen molar-refractivity contribution < 1.29 is 13.2 Å². The number of hydrogen-bond acceptors (Lipinski definition) is 0. The van der Waals surface area contributed by atoms with Gasteiger partial charge in [-0.1, -0.05) is 18.2 Å². The Balaban J connectivity index is 2.21. The van der Waals surface area contributed by atoms with Gasteiger partial charge in [0.25, 0.3) is 0 Å². The van der Waals surface area contributed by atoms with Gasteiger partial charge < -0.3 is 0 Å². The van der Waals surface area contributed by atoms with E-state index in [0.29, 0.717) is 5.56 Å². The Morgan fingerprint density at radius 2 is 1.67 bits per heavy atom. The number of fused-ring (bicyclic) bond motifs is 1. The highest BCUT2D eigenvalue weighted by molar-refractivity contribution is 5.34. The van der Waals surface area contributed by atoms with Crippen molar-refractivity contribution in [2.75, 3.05) is 0 Å². The third kappa shape index (κ3) is 2.74. The molecule has 0 radical (unpaired) electrons. The molecule has 0 bridgehead atoms. The maximum absolute atomic E-state index is 12.2. The summed E-state index contributed by atoms with van der Waals surface area (Å²) in [4.78, 5) is 0. The van der Waals surface area contributed by atoms with E-state index in [1.54, 1.807) is 12.1 Å². The van der Waals surface area contributed by atoms with E-state index in [0.717, 1.165) is 31.2 Å². The van der Waals surface area contributed by atoms with Gasteiger partial charge in [0.2, 0.25) is 0 Å². The van der Waals surface area contributed by atoms with Crippen LogP contribution in [-0.2, 0) is 19.3 Å². The maximum Gasteiger partial charge on any atom is 0.393 e. The van der Waals surface area contributed by atoms with Crippen LogP contribution in [0.2, 0.25) is 0 Å². The monoisotopic (exact) mass is 214 g/mol. The second-order valence-corrected chi connectivity index (χ2v) is 4.10. The van der Waals surface area contributed by atoms with Gasteiger partial charge in [0.15, 0.2) is 0 Å². The number of rotatable bonds is 1. The molecular formula is C12H13F3. The van der Waals surface area contributed by atoms with E-state index in [-0.39, 0.29) is 0 Å². The molecule has 3 heteroatoms. The molecule has 0 aromatic heterocycles. The van der Waals surface area contributed by atoms with Gasteiger partial charge in [-0.2, -0.15) is 13.2 Å². The van der Waals surface area contributed by atoms with Crippen molar-refractivity contribution in [1.29, 1.82) is 0 Å². The van der Waals surface area contributed by atoms with Crippen LogP contribution in [0.25, 0.3) is 0 Å². The lowest BCUT2D eigenvalue weighted by atomic mass is 9.90. The van der Waals surface area contributed by atoms with Crippen molar-refractivity contribution in [3.05, 3.63) is 34.9 Å². The summed E-state index contributed by atoms with van der Waals surface area (Å²) in [5.74, 6) is 0. The minimum absolute atomic E-state index is 0.392. The fraction of sp³-hybridized carbons (Fsp3) is 0.500. The number of halogens is 3. The SMILES string of the molecule is FC(F)(F)Cc1ccc2c(c1)CCCC2. The van der Waals surface area contributed by atoms with Gasteiger partial charge in [0.05, 0.1) is 6.42 Å². The zero-order chi connectivity index (χ0) is 10.9. The van der Waals surface area contributed by atoms with E-state index < -0.39 is 12.6 Å². The fourth-order valence-corrected chi connectivity index (χ4v) is 2.13. The summed E-state index contributed by atoms with van der Waals surface area (Å²) in [6.45, 7) is 0. The molecule has 1 aliphatic rings. The Morgan fingerprint density at radius 3 is 2.33 bits per heavy atom. The van der Waals surface area contributed by atoms with Crippen LogP contribution in [0.4, 0.5) is 13.2 Å². The highest BCUT2D eigenvalue weighted by atomic mass is 19.4.